The number of rotatable bonds is 6. The lowest BCUT2D eigenvalue weighted by Crippen LogP contribution is -2.41. The molecular formula is C12H19NO2S. The fraction of sp³-hybridized carbons (Fsp3) is 0.583. The van der Waals surface area contributed by atoms with Gasteiger partial charge in [-0.2, -0.15) is 0 Å². The molecule has 0 spiro atoms. The maximum atomic E-state index is 8.85. The number of likely N-dealkylation sites (N-methyl/N-ethyl adjacent to an activating group) is 1. The summed E-state index contributed by atoms with van der Waals surface area (Å²) >= 11 is 4.50. The highest BCUT2D eigenvalue weighted by atomic mass is 32.1. The van der Waals surface area contributed by atoms with E-state index in [2.05, 4.69) is 30.6 Å². The van der Waals surface area contributed by atoms with Crippen LogP contribution in [0, 0.1) is 11.8 Å². The van der Waals surface area contributed by atoms with Crippen molar-refractivity contribution in [1.29, 1.82) is 0 Å². The lowest BCUT2D eigenvalue weighted by atomic mass is 10.0. The number of thiocarbonyl (C=S) groups is 1. The van der Waals surface area contributed by atoms with E-state index in [1.807, 2.05) is 25.8 Å². The Morgan fingerprint density at radius 2 is 2.25 bits per heavy atom. The number of nitrogens with zero attached hydrogens (tertiary/aromatic N) is 1. The summed E-state index contributed by atoms with van der Waals surface area (Å²) in [4.78, 5) is 2.04. The third-order valence-corrected chi connectivity index (χ3v) is 2.34. The fourth-order valence-corrected chi connectivity index (χ4v) is 1.00. The largest absolute Gasteiger partial charge is 0.493 e. The summed E-state index contributed by atoms with van der Waals surface area (Å²) < 4.78 is 5.29. The molecular weight excluding hydrogens is 222 g/mol. The molecule has 90 valence electrons. The first kappa shape index (κ1) is 15.1. The first-order valence-electron chi connectivity index (χ1n) is 5.06. The molecule has 0 aliphatic heterocycles. The Morgan fingerprint density at radius 3 is 2.75 bits per heavy atom. The van der Waals surface area contributed by atoms with Crippen molar-refractivity contribution in [3.05, 3.63) is 12.7 Å². The number of hydrogen-bond acceptors (Lipinski definition) is 3. The molecule has 0 heterocycles. The van der Waals surface area contributed by atoms with Crippen molar-refractivity contribution in [1.82, 2.24) is 4.90 Å². The van der Waals surface area contributed by atoms with Crippen LogP contribution < -0.4 is 0 Å². The van der Waals surface area contributed by atoms with Gasteiger partial charge in [0.25, 0.3) is 0 Å². The van der Waals surface area contributed by atoms with Gasteiger partial charge in [0.2, 0.25) is 5.05 Å². The quantitative estimate of drug-likeness (QED) is 0.333. The minimum Gasteiger partial charge on any atom is -0.493 e. The standard InChI is InChI=1S/C12H19NO2S/c1-5-9-15-10-8-13(4)12(2,3)7-6-11(14)16/h5H,1,8-10H2,2-4H3,(H,14,16). The van der Waals surface area contributed by atoms with E-state index in [1.165, 1.54) is 0 Å². The Balaban J connectivity index is 4.15. The van der Waals surface area contributed by atoms with Gasteiger partial charge in [0, 0.05) is 6.54 Å². The van der Waals surface area contributed by atoms with Crippen molar-refractivity contribution in [2.24, 2.45) is 0 Å². The van der Waals surface area contributed by atoms with Gasteiger partial charge >= 0.3 is 0 Å². The second kappa shape index (κ2) is 7.39. The first-order chi connectivity index (χ1) is 7.40. The van der Waals surface area contributed by atoms with Gasteiger partial charge < -0.3 is 9.84 Å². The number of ether oxygens (including phenoxy) is 1. The van der Waals surface area contributed by atoms with Gasteiger partial charge in [-0.05, 0) is 39.0 Å². The van der Waals surface area contributed by atoms with Crippen LogP contribution in [0.1, 0.15) is 13.8 Å². The highest BCUT2D eigenvalue weighted by molar-refractivity contribution is 7.80. The predicted octanol–water partition coefficient (Wildman–Crippen LogP) is 1.79. The highest BCUT2D eigenvalue weighted by Gasteiger charge is 2.20. The third-order valence-electron chi connectivity index (χ3n) is 2.24. The molecule has 0 atom stereocenters. The summed E-state index contributed by atoms with van der Waals surface area (Å²) in [5, 5.41) is 8.57. The van der Waals surface area contributed by atoms with Gasteiger partial charge in [-0.15, -0.1) is 6.58 Å². The Hall–Kier alpha value is -0.890. The molecule has 4 heteroatoms. The fourth-order valence-electron chi connectivity index (χ4n) is 0.950. The molecule has 0 aliphatic rings. The van der Waals surface area contributed by atoms with Gasteiger partial charge in [0.05, 0.1) is 18.8 Å². The van der Waals surface area contributed by atoms with Crippen molar-refractivity contribution in [3.8, 4) is 11.8 Å². The zero-order chi connectivity index (χ0) is 12.6. The summed E-state index contributed by atoms with van der Waals surface area (Å²) in [7, 11) is 1.95. The Morgan fingerprint density at radius 1 is 1.62 bits per heavy atom. The Kier molecular flexibility index (Phi) is 6.98. The van der Waals surface area contributed by atoms with Crippen LogP contribution in [-0.2, 0) is 4.74 Å². The monoisotopic (exact) mass is 241 g/mol. The molecule has 0 aromatic carbocycles. The van der Waals surface area contributed by atoms with Gasteiger partial charge in [0.15, 0.2) is 0 Å². The molecule has 0 saturated heterocycles. The normalized spacial score (nSPS) is 10.8. The molecule has 0 bridgehead atoms. The number of hydrogen-bond donors (Lipinski definition) is 1. The predicted molar refractivity (Wildman–Crippen MR) is 70.7 cm³/mol. The Bertz CT molecular complexity index is 302. The molecule has 0 aromatic heterocycles. The maximum Gasteiger partial charge on any atom is 0.234 e. The van der Waals surface area contributed by atoms with Crippen molar-refractivity contribution >= 4 is 17.3 Å². The van der Waals surface area contributed by atoms with Crippen LogP contribution in [0.4, 0.5) is 0 Å². The van der Waals surface area contributed by atoms with Crippen LogP contribution in [0.2, 0.25) is 0 Å². The minimum absolute atomic E-state index is 0.274. The van der Waals surface area contributed by atoms with E-state index in [4.69, 9.17) is 9.84 Å². The van der Waals surface area contributed by atoms with Gasteiger partial charge in [0.1, 0.15) is 0 Å². The lowest BCUT2D eigenvalue weighted by Gasteiger charge is -2.30. The van der Waals surface area contributed by atoms with Crippen LogP contribution in [0.15, 0.2) is 12.7 Å². The average molecular weight is 241 g/mol. The van der Waals surface area contributed by atoms with E-state index in [0.717, 1.165) is 6.54 Å². The van der Waals surface area contributed by atoms with Gasteiger partial charge in [-0.1, -0.05) is 12.0 Å². The van der Waals surface area contributed by atoms with E-state index < -0.39 is 0 Å². The van der Waals surface area contributed by atoms with Crippen molar-refractivity contribution in [3.63, 3.8) is 0 Å². The molecule has 16 heavy (non-hydrogen) atoms. The van der Waals surface area contributed by atoms with E-state index in [-0.39, 0.29) is 10.6 Å². The van der Waals surface area contributed by atoms with Gasteiger partial charge in [-0.25, -0.2) is 0 Å². The molecule has 0 amide bonds. The van der Waals surface area contributed by atoms with Crippen LogP contribution in [0.25, 0.3) is 0 Å². The smallest absolute Gasteiger partial charge is 0.234 e. The molecule has 0 rings (SSSR count). The summed E-state index contributed by atoms with van der Waals surface area (Å²) in [6, 6.07) is 0. The second-order valence-corrected chi connectivity index (χ2v) is 4.29. The van der Waals surface area contributed by atoms with E-state index in [9.17, 15) is 0 Å². The zero-order valence-electron chi connectivity index (χ0n) is 10.1. The van der Waals surface area contributed by atoms with Crippen LogP contribution >= 0.6 is 12.2 Å². The SMILES string of the molecule is C=CCOCCN(C)C(C)(C)C#CC(O)=S. The van der Waals surface area contributed by atoms with Crippen molar-refractivity contribution in [2.75, 3.05) is 26.8 Å². The van der Waals surface area contributed by atoms with Crippen molar-refractivity contribution < 1.29 is 9.84 Å². The van der Waals surface area contributed by atoms with Crippen LogP contribution in [0.3, 0.4) is 0 Å². The third kappa shape index (κ3) is 6.57. The minimum atomic E-state index is -0.343. The molecule has 3 nitrogen and oxygen atoms in total. The molecule has 1 N–H and O–H groups in total. The average Bonchev–Trinajstić information content (AvgIpc) is 2.21. The maximum absolute atomic E-state index is 8.85. The summed E-state index contributed by atoms with van der Waals surface area (Å²) in [6.07, 6.45) is 1.72. The lowest BCUT2D eigenvalue weighted by molar-refractivity contribution is 0.108. The Labute approximate surface area is 103 Å². The summed E-state index contributed by atoms with van der Waals surface area (Å²) in [5.41, 5.74) is -0.343. The topological polar surface area (TPSA) is 32.7 Å². The molecule has 0 saturated carbocycles. The summed E-state index contributed by atoms with van der Waals surface area (Å²) in [6.45, 7) is 9.44. The summed E-state index contributed by atoms with van der Waals surface area (Å²) in [5.74, 6) is 5.41. The number of aliphatic hydroxyl groups excluding tert-OH is 1. The van der Waals surface area contributed by atoms with E-state index in [0.29, 0.717) is 13.2 Å². The molecule has 0 aromatic rings. The first-order valence-corrected chi connectivity index (χ1v) is 5.47. The highest BCUT2D eigenvalue weighted by Crippen LogP contribution is 2.09. The molecule has 0 radical (unpaired) electrons. The van der Waals surface area contributed by atoms with E-state index in [1.54, 1.807) is 6.08 Å². The second-order valence-electron chi connectivity index (χ2n) is 3.90. The molecule has 0 fully saturated rings. The molecule has 0 aliphatic carbocycles. The van der Waals surface area contributed by atoms with Crippen molar-refractivity contribution in [2.45, 2.75) is 19.4 Å². The van der Waals surface area contributed by atoms with E-state index >= 15 is 0 Å². The zero-order valence-corrected chi connectivity index (χ0v) is 10.9. The van der Waals surface area contributed by atoms with Crippen LogP contribution in [-0.4, -0.2) is 47.4 Å². The number of aliphatic hydroxyl groups is 1. The van der Waals surface area contributed by atoms with Crippen LogP contribution in [0.5, 0.6) is 0 Å². The van der Waals surface area contributed by atoms with Gasteiger partial charge in [-0.3, -0.25) is 4.90 Å². The molecule has 0 unspecified atom stereocenters.